The maximum Gasteiger partial charge on any atom is 0.406 e. The number of amides is 1. The van der Waals surface area contributed by atoms with Crippen molar-refractivity contribution in [3.8, 4) is 11.8 Å². The molecule has 1 fully saturated rings. The van der Waals surface area contributed by atoms with E-state index < -0.39 is 11.7 Å². The fraction of sp³-hybridized carbons (Fsp3) is 0.471. The van der Waals surface area contributed by atoms with E-state index in [1.807, 2.05) is 0 Å². The number of methoxy groups -OCH3 is 1. The first-order chi connectivity index (χ1) is 10.5. The first-order valence-corrected chi connectivity index (χ1v) is 7.34. The molecule has 0 aliphatic heterocycles. The molecule has 118 valence electrons. The van der Waals surface area contributed by atoms with Crippen LogP contribution in [0.5, 0.6) is 0 Å². The van der Waals surface area contributed by atoms with Gasteiger partial charge in [0.15, 0.2) is 0 Å². The van der Waals surface area contributed by atoms with Gasteiger partial charge in [-0.2, -0.15) is 0 Å². The maximum absolute atomic E-state index is 13.1. The van der Waals surface area contributed by atoms with Gasteiger partial charge in [-0.05, 0) is 49.8 Å². The molecule has 2 N–H and O–H groups in total. The lowest BCUT2D eigenvalue weighted by Crippen LogP contribution is -2.39. The van der Waals surface area contributed by atoms with Crippen LogP contribution in [0.1, 0.15) is 31.2 Å². The molecule has 22 heavy (non-hydrogen) atoms. The lowest BCUT2D eigenvalue weighted by atomic mass is 9.78. The Morgan fingerprint density at radius 3 is 3.14 bits per heavy atom. The highest BCUT2D eigenvalue weighted by molar-refractivity contribution is 5.66. The van der Waals surface area contributed by atoms with E-state index in [9.17, 15) is 14.3 Å². The SMILES string of the molecule is COC(=O)NCC1CCCC(O)(C#Cc2cccc(F)c2)C1. The van der Waals surface area contributed by atoms with E-state index in [2.05, 4.69) is 21.9 Å². The smallest absolute Gasteiger partial charge is 0.406 e. The standard InChI is InChI=1S/C17H20FNO3/c1-22-16(20)19-12-14-5-3-8-17(21,11-14)9-7-13-4-2-6-15(18)10-13/h2,4,6,10,14,21H,3,5,8,11-12H2,1H3,(H,19,20). The van der Waals surface area contributed by atoms with E-state index in [0.29, 0.717) is 24.9 Å². The van der Waals surface area contributed by atoms with Crippen molar-refractivity contribution < 1.29 is 19.0 Å². The summed E-state index contributed by atoms with van der Waals surface area (Å²) >= 11 is 0. The summed E-state index contributed by atoms with van der Waals surface area (Å²) in [6, 6.07) is 6.00. The minimum atomic E-state index is -1.09. The lowest BCUT2D eigenvalue weighted by Gasteiger charge is -2.33. The number of alkyl carbamates (subject to hydrolysis) is 1. The van der Waals surface area contributed by atoms with Crippen molar-refractivity contribution in [1.82, 2.24) is 5.32 Å². The molecule has 2 unspecified atom stereocenters. The molecule has 1 amide bonds. The van der Waals surface area contributed by atoms with Crippen molar-refractivity contribution in [2.45, 2.75) is 31.3 Å². The van der Waals surface area contributed by atoms with Gasteiger partial charge in [0.25, 0.3) is 0 Å². The Bertz CT molecular complexity index is 593. The van der Waals surface area contributed by atoms with Gasteiger partial charge in [-0.1, -0.05) is 17.9 Å². The van der Waals surface area contributed by atoms with Crippen LogP contribution >= 0.6 is 0 Å². The number of carbonyl (C=O) groups excluding carboxylic acids is 1. The second-order valence-corrected chi connectivity index (χ2v) is 5.63. The molecule has 0 radical (unpaired) electrons. The van der Waals surface area contributed by atoms with E-state index in [0.717, 1.165) is 12.8 Å². The van der Waals surface area contributed by atoms with Gasteiger partial charge in [0.05, 0.1) is 7.11 Å². The predicted octanol–water partition coefficient (Wildman–Crippen LogP) is 2.45. The Kier molecular flexibility index (Phi) is 5.40. The van der Waals surface area contributed by atoms with Crippen LogP contribution in [0.15, 0.2) is 24.3 Å². The van der Waals surface area contributed by atoms with Crippen molar-refractivity contribution >= 4 is 6.09 Å². The molecule has 0 heterocycles. The Morgan fingerprint density at radius 2 is 2.41 bits per heavy atom. The van der Waals surface area contributed by atoms with Crippen molar-refractivity contribution in [1.29, 1.82) is 0 Å². The summed E-state index contributed by atoms with van der Waals surface area (Å²) in [4.78, 5) is 11.1. The highest BCUT2D eigenvalue weighted by Gasteiger charge is 2.32. The number of aliphatic hydroxyl groups is 1. The van der Waals surface area contributed by atoms with Crippen LogP contribution in [0.3, 0.4) is 0 Å². The third-order valence-electron chi connectivity index (χ3n) is 3.81. The molecule has 5 heteroatoms. The molecule has 0 spiro atoms. The maximum atomic E-state index is 13.1. The van der Waals surface area contributed by atoms with E-state index in [1.165, 1.54) is 19.2 Å². The molecule has 0 saturated heterocycles. The number of hydrogen-bond acceptors (Lipinski definition) is 3. The van der Waals surface area contributed by atoms with E-state index >= 15 is 0 Å². The summed E-state index contributed by atoms with van der Waals surface area (Å²) in [5.74, 6) is 5.52. The minimum absolute atomic E-state index is 0.152. The van der Waals surface area contributed by atoms with Crippen LogP contribution in [0.4, 0.5) is 9.18 Å². The molecular formula is C17H20FNO3. The van der Waals surface area contributed by atoms with Crippen molar-refractivity contribution in [2.75, 3.05) is 13.7 Å². The first kappa shape index (κ1) is 16.3. The summed E-state index contributed by atoms with van der Waals surface area (Å²) in [6.45, 7) is 0.455. The number of rotatable bonds is 2. The molecule has 2 atom stereocenters. The molecule has 1 aliphatic carbocycles. The van der Waals surface area contributed by atoms with Gasteiger partial charge in [-0.15, -0.1) is 0 Å². The number of halogens is 1. The molecule has 0 aromatic heterocycles. The summed E-state index contributed by atoms with van der Waals surface area (Å²) < 4.78 is 17.7. The first-order valence-electron chi connectivity index (χ1n) is 7.34. The zero-order chi connectivity index (χ0) is 16.0. The lowest BCUT2D eigenvalue weighted by molar-refractivity contribution is 0.0368. The highest BCUT2D eigenvalue weighted by Crippen LogP contribution is 2.31. The quantitative estimate of drug-likeness (QED) is 0.825. The van der Waals surface area contributed by atoms with E-state index in [-0.39, 0.29) is 11.7 Å². The van der Waals surface area contributed by atoms with Crippen LogP contribution < -0.4 is 5.32 Å². The molecule has 0 bridgehead atoms. The van der Waals surface area contributed by atoms with Gasteiger partial charge in [0.2, 0.25) is 0 Å². The average Bonchev–Trinajstić information content (AvgIpc) is 2.51. The number of hydrogen-bond donors (Lipinski definition) is 2. The monoisotopic (exact) mass is 305 g/mol. The van der Waals surface area contributed by atoms with Crippen LogP contribution in [-0.4, -0.2) is 30.5 Å². The zero-order valence-electron chi connectivity index (χ0n) is 12.6. The Morgan fingerprint density at radius 1 is 1.59 bits per heavy atom. The third-order valence-corrected chi connectivity index (χ3v) is 3.81. The van der Waals surface area contributed by atoms with Crippen LogP contribution in [0, 0.1) is 23.6 Å². The Hall–Kier alpha value is -2.06. The summed E-state index contributed by atoms with van der Waals surface area (Å²) in [5, 5.41) is 13.2. The minimum Gasteiger partial charge on any atom is -0.453 e. The molecule has 4 nitrogen and oxygen atoms in total. The van der Waals surface area contributed by atoms with E-state index in [1.54, 1.807) is 12.1 Å². The molecular weight excluding hydrogens is 285 g/mol. The normalized spacial score (nSPS) is 24.0. The van der Waals surface area contributed by atoms with Gasteiger partial charge in [0.1, 0.15) is 11.4 Å². The van der Waals surface area contributed by atoms with Crippen molar-refractivity contribution in [3.63, 3.8) is 0 Å². The topological polar surface area (TPSA) is 58.6 Å². The van der Waals surface area contributed by atoms with Gasteiger partial charge < -0.3 is 15.2 Å². The van der Waals surface area contributed by atoms with E-state index in [4.69, 9.17) is 0 Å². The number of nitrogens with one attached hydrogen (secondary N) is 1. The Balaban J connectivity index is 1.99. The van der Waals surface area contributed by atoms with Gasteiger partial charge >= 0.3 is 6.09 Å². The zero-order valence-corrected chi connectivity index (χ0v) is 12.6. The molecule has 1 aromatic rings. The summed E-state index contributed by atoms with van der Waals surface area (Å²) in [6.07, 6.45) is 2.36. The number of ether oxygens (including phenoxy) is 1. The van der Waals surface area contributed by atoms with Crippen molar-refractivity contribution in [2.24, 2.45) is 5.92 Å². The Labute approximate surface area is 129 Å². The van der Waals surface area contributed by atoms with Crippen LogP contribution in [0.2, 0.25) is 0 Å². The largest absolute Gasteiger partial charge is 0.453 e. The molecule has 2 rings (SSSR count). The third kappa shape index (κ3) is 4.74. The van der Waals surface area contributed by atoms with Gasteiger partial charge in [0, 0.05) is 12.1 Å². The number of benzene rings is 1. The summed E-state index contributed by atoms with van der Waals surface area (Å²) in [7, 11) is 1.32. The second kappa shape index (κ2) is 7.28. The molecule has 1 aromatic carbocycles. The second-order valence-electron chi connectivity index (χ2n) is 5.63. The predicted molar refractivity (Wildman–Crippen MR) is 80.6 cm³/mol. The fourth-order valence-electron chi connectivity index (χ4n) is 2.71. The van der Waals surface area contributed by atoms with Gasteiger partial charge in [-0.3, -0.25) is 0 Å². The highest BCUT2D eigenvalue weighted by atomic mass is 19.1. The number of carbonyl (C=O) groups is 1. The van der Waals surface area contributed by atoms with Crippen molar-refractivity contribution in [3.05, 3.63) is 35.6 Å². The van der Waals surface area contributed by atoms with Gasteiger partial charge in [-0.25, -0.2) is 9.18 Å². The molecule has 1 saturated carbocycles. The van der Waals surface area contributed by atoms with Crippen LogP contribution in [-0.2, 0) is 4.74 Å². The summed E-state index contributed by atoms with van der Waals surface area (Å²) in [5.41, 5.74) is -0.546. The molecule has 1 aliphatic rings. The fourth-order valence-corrected chi connectivity index (χ4v) is 2.71. The van der Waals surface area contributed by atoms with Crippen LogP contribution in [0.25, 0.3) is 0 Å². The average molecular weight is 305 g/mol.